The first-order valence-corrected chi connectivity index (χ1v) is 7.67. The molecule has 3 heteroatoms. The van der Waals surface area contributed by atoms with E-state index in [1.807, 2.05) is 30.1 Å². The van der Waals surface area contributed by atoms with E-state index in [1.165, 1.54) is 12.0 Å². The predicted molar refractivity (Wildman–Crippen MR) is 82.4 cm³/mol. The molecule has 0 unspecified atom stereocenters. The van der Waals surface area contributed by atoms with E-state index in [0.717, 1.165) is 38.6 Å². The third-order valence-electron chi connectivity index (χ3n) is 4.58. The zero-order valence-electron chi connectivity index (χ0n) is 12.5. The highest BCUT2D eigenvalue weighted by atomic mass is 16.2. The molecular formula is C17H26N2O. The Labute approximate surface area is 122 Å². The summed E-state index contributed by atoms with van der Waals surface area (Å²) in [4.78, 5) is 14.6. The van der Waals surface area contributed by atoms with Gasteiger partial charge < -0.3 is 10.6 Å². The van der Waals surface area contributed by atoms with E-state index in [4.69, 9.17) is 5.73 Å². The van der Waals surface area contributed by atoms with Gasteiger partial charge in [-0.05, 0) is 24.8 Å². The van der Waals surface area contributed by atoms with Crippen LogP contribution in [0.2, 0.25) is 0 Å². The molecule has 1 aromatic rings. The summed E-state index contributed by atoms with van der Waals surface area (Å²) >= 11 is 0. The number of nitrogens with zero attached hydrogens (tertiary/aromatic N) is 1. The number of rotatable bonds is 5. The topological polar surface area (TPSA) is 46.3 Å². The van der Waals surface area contributed by atoms with Crippen LogP contribution in [-0.4, -0.2) is 30.9 Å². The quantitative estimate of drug-likeness (QED) is 0.897. The van der Waals surface area contributed by atoms with Gasteiger partial charge in [-0.15, -0.1) is 0 Å². The van der Waals surface area contributed by atoms with E-state index in [-0.39, 0.29) is 11.3 Å². The van der Waals surface area contributed by atoms with Crippen LogP contribution in [0.15, 0.2) is 30.3 Å². The minimum atomic E-state index is -0.288. The van der Waals surface area contributed by atoms with Gasteiger partial charge in [0.05, 0.1) is 5.41 Å². The zero-order chi connectivity index (χ0) is 14.4. The van der Waals surface area contributed by atoms with Crippen molar-refractivity contribution in [3.05, 3.63) is 35.9 Å². The third-order valence-corrected chi connectivity index (χ3v) is 4.58. The van der Waals surface area contributed by atoms with Gasteiger partial charge in [0.15, 0.2) is 0 Å². The number of amides is 1. The second kappa shape index (κ2) is 6.89. The van der Waals surface area contributed by atoms with Crippen molar-refractivity contribution in [1.29, 1.82) is 0 Å². The molecule has 1 aliphatic carbocycles. The summed E-state index contributed by atoms with van der Waals surface area (Å²) in [6.45, 7) is 1.26. The van der Waals surface area contributed by atoms with Crippen LogP contribution in [0.1, 0.15) is 37.7 Å². The van der Waals surface area contributed by atoms with Crippen LogP contribution in [0.25, 0.3) is 0 Å². The Morgan fingerprint density at radius 2 is 1.85 bits per heavy atom. The van der Waals surface area contributed by atoms with Crippen molar-refractivity contribution in [2.45, 2.75) is 38.5 Å². The van der Waals surface area contributed by atoms with Gasteiger partial charge in [-0.25, -0.2) is 0 Å². The van der Waals surface area contributed by atoms with E-state index in [2.05, 4.69) is 12.1 Å². The van der Waals surface area contributed by atoms with Crippen LogP contribution in [0.5, 0.6) is 0 Å². The van der Waals surface area contributed by atoms with Gasteiger partial charge in [0.2, 0.25) is 5.91 Å². The number of hydrogen-bond donors (Lipinski definition) is 1. The van der Waals surface area contributed by atoms with Gasteiger partial charge in [-0.2, -0.15) is 0 Å². The molecule has 1 fully saturated rings. The first-order chi connectivity index (χ1) is 9.68. The van der Waals surface area contributed by atoms with Crippen molar-refractivity contribution in [3.63, 3.8) is 0 Å². The summed E-state index contributed by atoms with van der Waals surface area (Å²) in [5, 5.41) is 0. The lowest BCUT2D eigenvalue weighted by atomic mass is 9.73. The molecule has 1 saturated carbocycles. The molecule has 1 aliphatic rings. The average molecular weight is 274 g/mol. The van der Waals surface area contributed by atoms with Gasteiger partial charge in [0.1, 0.15) is 0 Å². The first kappa shape index (κ1) is 15.0. The lowest BCUT2D eigenvalue weighted by molar-refractivity contribution is -0.142. The van der Waals surface area contributed by atoms with Crippen LogP contribution >= 0.6 is 0 Å². The SMILES string of the molecule is CN(CCc1ccccc1)C(=O)C1(CN)CCCCC1. The molecule has 110 valence electrons. The standard InChI is InChI=1S/C17H26N2O/c1-19(13-10-15-8-4-2-5-9-15)16(20)17(14-18)11-6-3-7-12-17/h2,4-5,8-9H,3,6-7,10-14,18H2,1H3. The number of carbonyl (C=O) groups is 1. The second-order valence-electron chi connectivity index (χ2n) is 6.01. The Morgan fingerprint density at radius 3 is 2.45 bits per heavy atom. The molecular weight excluding hydrogens is 248 g/mol. The highest BCUT2D eigenvalue weighted by Gasteiger charge is 2.39. The molecule has 2 N–H and O–H groups in total. The smallest absolute Gasteiger partial charge is 0.229 e. The Kier molecular flexibility index (Phi) is 5.18. The maximum Gasteiger partial charge on any atom is 0.229 e. The van der Waals surface area contributed by atoms with Crippen molar-refractivity contribution in [2.75, 3.05) is 20.1 Å². The van der Waals surface area contributed by atoms with E-state index in [9.17, 15) is 4.79 Å². The lowest BCUT2D eigenvalue weighted by Gasteiger charge is -2.37. The lowest BCUT2D eigenvalue weighted by Crippen LogP contribution is -2.48. The fraction of sp³-hybridized carbons (Fsp3) is 0.588. The van der Waals surface area contributed by atoms with Crippen molar-refractivity contribution in [3.8, 4) is 0 Å². The van der Waals surface area contributed by atoms with Gasteiger partial charge in [0, 0.05) is 20.1 Å². The zero-order valence-corrected chi connectivity index (χ0v) is 12.5. The molecule has 0 spiro atoms. The molecule has 1 aromatic carbocycles. The van der Waals surface area contributed by atoms with E-state index in [1.54, 1.807) is 0 Å². The number of nitrogens with two attached hydrogens (primary N) is 1. The van der Waals surface area contributed by atoms with Crippen LogP contribution in [0.4, 0.5) is 0 Å². The molecule has 20 heavy (non-hydrogen) atoms. The van der Waals surface area contributed by atoms with Gasteiger partial charge in [-0.3, -0.25) is 4.79 Å². The highest BCUT2D eigenvalue weighted by molar-refractivity contribution is 5.83. The fourth-order valence-corrected chi connectivity index (χ4v) is 3.18. The van der Waals surface area contributed by atoms with E-state index in [0.29, 0.717) is 6.54 Å². The molecule has 0 aromatic heterocycles. The van der Waals surface area contributed by atoms with E-state index < -0.39 is 0 Å². The number of benzene rings is 1. The number of hydrogen-bond acceptors (Lipinski definition) is 2. The van der Waals surface area contributed by atoms with E-state index >= 15 is 0 Å². The molecule has 0 saturated heterocycles. The monoisotopic (exact) mass is 274 g/mol. The number of likely N-dealkylation sites (N-methyl/N-ethyl adjacent to an activating group) is 1. The minimum Gasteiger partial charge on any atom is -0.345 e. The van der Waals surface area contributed by atoms with Crippen molar-refractivity contribution in [1.82, 2.24) is 4.90 Å². The molecule has 0 bridgehead atoms. The normalized spacial score (nSPS) is 17.7. The minimum absolute atomic E-state index is 0.246. The van der Waals surface area contributed by atoms with Crippen molar-refractivity contribution >= 4 is 5.91 Å². The fourth-order valence-electron chi connectivity index (χ4n) is 3.18. The highest BCUT2D eigenvalue weighted by Crippen LogP contribution is 2.36. The summed E-state index contributed by atoms with van der Waals surface area (Å²) in [7, 11) is 1.91. The summed E-state index contributed by atoms with van der Waals surface area (Å²) < 4.78 is 0. The van der Waals surface area contributed by atoms with Crippen molar-refractivity contribution in [2.24, 2.45) is 11.1 Å². The van der Waals surface area contributed by atoms with Gasteiger partial charge >= 0.3 is 0 Å². The summed E-state index contributed by atoms with van der Waals surface area (Å²) in [5.74, 6) is 0.246. The molecule has 1 amide bonds. The average Bonchev–Trinajstić information content (AvgIpc) is 2.53. The molecule has 2 rings (SSSR count). The Balaban J connectivity index is 1.93. The van der Waals surface area contributed by atoms with Gasteiger partial charge in [0.25, 0.3) is 0 Å². The van der Waals surface area contributed by atoms with Crippen LogP contribution in [-0.2, 0) is 11.2 Å². The summed E-state index contributed by atoms with van der Waals surface area (Å²) in [5.41, 5.74) is 6.92. The van der Waals surface area contributed by atoms with Crippen molar-refractivity contribution < 1.29 is 4.79 Å². The molecule has 0 aliphatic heterocycles. The van der Waals surface area contributed by atoms with Gasteiger partial charge in [-0.1, -0.05) is 49.6 Å². The molecule has 0 heterocycles. The van der Waals surface area contributed by atoms with Crippen LogP contribution in [0, 0.1) is 5.41 Å². The van der Waals surface area contributed by atoms with Crippen LogP contribution in [0.3, 0.4) is 0 Å². The largest absolute Gasteiger partial charge is 0.345 e. The molecule has 0 atom stereocenters. The van der Waals surface area contributed by atoms with Crippen LogP contribution < -0.4 is 5.73 Å². The Hall–Kier alpha value is -1.35. The maximum absolute atomic E-state index is 12.7. The Bertz CT molecular complexity index is 424. The summed E-state index contributed by atoms with van der Waals surface area (Å²) in [6.07, 6.45) is 6.33. The maximum atomic E-state index is 12.7. The molecule has 3 nitrogen and oxygen atoms in total. The second-order valence-corrected chi connectivity index (χ2v) is 6.01. The Morgan fingerprint density at radius 1 is 1.20 bits per heavy atom. The first-order valence-electron chi connectivity index (χ1n) is 7.67. The molecule has 0 radical (unpaired) electrons. The number of carbonyl (C=O) groups excluding carboxylic acids is 1. The summed E-state index contributed by atoms with van der Waals surface area (Å²) in [6, 6.07) is 10.3. The predicted octanol–water partition coefficient (Wildman–Crippen LogP) is 2.60. The third kappa shape index (κ3) is 3.40.